The summed E-state index contributed by atoms with van der Waals surface area (Å²) in [4.78, 5) is 0. The Balaban J connectivity index is 0.000000461. The second kappa shape index (κ2) is 4.60. The topological polar surface area (TPSA) is 38.1 Å². The van der Waals surface area contributed by atoms with Crippen LogP contribution in [0.25, 0.3) is 0 Å². The van der Waals surface area contributed by atoms with Crippen molar-refractivity contribution in [1.29, 1.82) is 0 Å². The predicted molar refractivity (Wildman–Crippen MR) is 57.2 cm³/mol. The molecule has 0 amide bonds. The van der Waals surface area contributed by atoms with Gasteiger partial charge < -0.3 is 9.84 Å². The number of nitrogens with zero attached hydrogens (tertiary/aromatic N) is 1. The van der Waals surface area contributed by atoms with Crippen LogP contribution in [0.3, 0.4) is 0 Å². The molecule has 1 aliphatic rings. The molecule has 1 aromatic rings. The Morgan fingerprint density at radius 1 is 1.57 bits per heavy atom. The third kappa shape index (κ3) is 1.82. The van der Waals surface area contributed by atoms with E-state index in [0.717, 1.165) is 25.1 Å². The molecule has 3 heteroatoms. The van der Waals surface area contributed by atoms with Gasteiger partial charge in [-0.3, -0.25) is 0 Å². The lowest BCUT2D eigenvalue weighted by Gasteiger charge is -2.32. The normalized spacial score (nSPS) is 24.9. The first-order valence-corrected chi connectivity index (χ1v) is 5.45. The van der Waals surface area contributed by atoms with Gasteiger partial charge in [0, 0.05) is 24.1 Å². The van der Waals surface area contributed by atoms with Crippen LogP contribution in [0.4, 0.5) is 0 Å². The van der Waals surface area contributed by atoms with Crippen molar-refractivity contribution in [2.24, 2.45) is 0 Å². The van der Waals surface area contributed by atoms with E-state index in [1.807, 2.05) is 13.8 Å². The summed E-state index contributed by atoms with van der Waals surface area (Å²) in [7, 11) is 0. The van der Waals surface area contributed by atoms with Gasteiger partial charge in [-0.05, 0) is 13.3 Å². The highest BCUT2D eigenvalue weighted by Gasteiger charge is 2.32. The Kier molecular flexibility index (Phi) is 3.69. The third-order valence-electron chi connectivity index (χ3n) is 2.82. The number of nitrogens with one attached hydrogen (secondary N) is 1. The largest absolute Gasteiger partial charge is 0.364 e. The van der Waals surface area contributed by atoms with Crippen molar-refractivity contribution in [3.05, 3.63) is 17.5 Å². The fraction of sp³-hybridized carbons (Fsp3) is 0.727. The average Bonchev–Trinajstić information content (AvgIpc) is 2.71. The Morgan fingerprint density at radius 2 is 2.29 bits per heavy atom. The predicted octanol–water partition coefficient (Wildman–Crippen LogP) is 2.47. The molecular formula is C11H20N2O. The van der Waals surface area contributed by atoms with Crippen molar-refractivity contribution >= 4 is 0 Å². The highest BCUT2D eigenvalue weighted by Crippen LogP contribution is 2.30. The minimum atomic E-state index is 0.0770. The van der Waals surface area contributed by atoms with E-state index in [2.05, 4.69) is 24.3 Å². The molecule has 0 radical (unpaired) electrons. The van der Waals surface area contributed by atoms with Gasteiger partial charge in [0.05, 0.1) is 5.69 Å². The molecule has 1 aliphatic heterocycles. The van der Waals surface area contributed by atoms with Gasteiger partial charge in [0.2, 0.25) is 0 Å². The van der Waals surface area contributed by atoms with Gasteiger partial charge in [-0.2, -0.15) is 0 Å². The van der Waals surface area contributed by atoms with Crippen LogP contribution in [-0.4, -0.2) is 11.7 Å². The highest BCUT2D eigenvalue weighted by atomic mass is 16.5. The van der Waals surface area contributed by atoms with E-state index in [1.54, 1.807) is 6.26 Å². The number of hydrogen-bond acceptors (Lipinski definition) is 3. The van der Waals surface area contributed by atoms with Crippen molar-refractivity contribution in [2.45, 2.75) is 46.1 Å². The van der Waals surface area contributed by atoms with Gasteiger partial charge in [0.1, 0.15) is 6.26 Å². The molecule has 0 saturated carbocycles. The first-order valence-electron chi connectivity index (χ1n) is 5.45. The molecule has 0 fully saturated rings. The Hall–Kier alpha value is -0.830. The summed E-state index contributed by atoms with van der Waals surface area (Å²) in [6.45, 7) is 9.38. The van der Waals surface area contributed by atoms with Crippen LogP contribution >= 0.6 is 0 Å². The maximum Gasteiger partial charge on any atom is 0.129 e. The summed E-state index contributed by atoms with van der Waals surface area (Å²) in [5.74, 6) is 0. The summed E-state index contributed by atoms with van der Waals surface area (Å²) in [6, 6.07) is 0. The standard InChI is InChI=1S/C9H14N2O.C2H6/c1-3-9(2)7-6-12-11-8(7)4-5-10-9;1-2/h6,10H,3-5H2,1-2H3;1-2H3. The van der Waals surface area contributed by atoms with Gasteiger partial charge in [-0.1, -0.05) is 25.9 Å². The molecule has 2 heterocycles. The zero-order valence-electron chi connectivity index (χ0n) is 9.55. The minimum Gasteiger partial charge on any atom is -0.364 e. The van der Waals surface area contributed by atoms with Crippen LogP contribution in [0.2, 0.25) is 0 Å². The van der Waals surface area contributed by atoms with Crippen LogP contribution < -0.4 is 5.32 Å². The summed E-state index contributed by atoms with van der Waals surface area (Å²) in [5.41, 5.74) is 2.43. The van der Waals surface area contributed by atoms with Gasteiger partial charge in [-0.25, -0.2) is 0 Å². The van der Waals surface area contributed by atoms with E-state index in [9.17, 15) is 0 Å². The molecule has 0 aliphatic carbocycles. The van der Waals surface area contributed by atoms with Gasteiger partial charge in [-0.15, -0.1) is 0 Å². The molecule has 0 bridgehead atoms. The molecule has 3 nitrogen and oxygen atoms in total. The van der Waals surface area contributed by atoms with Crippen LogP contribution in [0.1, 0.15) is 45.4 Å². The van der Waals surface area contributed by atoms with Crippen molar-refractivity contribution < 1.29 is 4.52 Å². The molecule has 2 rings (SSSR count). The molecule has 80 valence electrons. The first kappa shape index (κ1) is 11.2. The van der Waals surface area contributed by atoms with Gasteiger partial charge in [0.15, 0.2) is 0 Å². The van der Waals surface area contributed by atoms with E-state index in [0.29, 0.717) is 0 Å². The fourth-order valence-corrected chi connectivity index (χ4v) is 1.76. The Labute approximate surface area is 85.9 Å². The molecule has 1 N–H and O–H groups in total. The van der Waals surface area contributed by atoms with E-state index >= 15 is 0 Å². The molecule has 1 atom stereocenters. The van der Waals surface area contributed by atoms with Gasteiger partial charge >= 0.3 is 0 Å². The van der Waals surface area contributed by atoms with Crippen LogP contribution in [-0.2, 0) is 12.0 Å². The van der Waals surface area contributed by atoms with E-state index in [-0.39, 0.29) is 5.54 Å². The molecule has 1 aromatic heterocycles. The number of rotatable bonds is 1. The second-order valence-corrected chi connectivity index (χ2v) is 3.54. The maximum absolute atomic E-state index is 4.97. The monoisotopic (exact) mass is 196 g/mol. The first-order chi connectivity index (χ1) is 6.76. The third-order valence-corrected chi connectivity index (χ3v) is 2.82. The lowest BCUT2D eigenvalue weighted by Crippen LogP contribution is -2.44. The zero-order chi connectivity index (χ0) is 10.6. The summed E-state index contributed by atoms with van der Waals surface area (Å²) >= 11 is 0. The van der Waals surface area contributed by atoms with Crippen molar-refractivity contribution in [3.8, 4) is 0 Å². The lowest BCUT2D eigenvalue weighted by atomic mass is 9.86. The second-order valence-electron chi connectivity index (χ2n) is 3.54. The highest BCUT2D eigenvalue weighted by molar-refractivity contribution is 5.27. The van der Waals surface area contributed by atoms with E-state index in [4.69, 9.17) is 4.52 Å². The van der Waals surface area contributed by atoms with E-state index < -0.39 is 0 Å². The summed E-state index contributed by atoms with van der Waals surface area (Å²) < 4.78 is 4.97. The molecule has 14 heavy (non-hydrogen) atoms. The van der Waals surface area contributed by atoms with Crippen molar-refractivity contribution in [2.75, 3.05) is 6.54 Å². The van der Waals surface area contributed by atoms with Crippen LogP contribution in [0.5, 0.6) is 0 Å². The number of fused-ring (bicyclic) bond motifs is 1. The Bertz CT molecular complexity index is 283. The summed E-state index contributed by atoms with van der Waals surface area (Å²) in [6.07, 6.45) is 3.83. The van der Waals surface area contributed by atoms with Crippen molar-refractivity contribution in [3.63, 3.8) is 0 Å². The van der Waals surface area contributed by atoms with Gasteiger partial charge in [0.25, 0.3) is 0 Å². The van der Waals surface area contributed by atoms with Crippen LogP contribution in [0, 0.1) is 0 Å². The maximum atomic E-state index is 4.97. The van der Waals surface area contributed by atoms with E-state index in [1.165, 1.54) is 5.56 Å². The zero-order valence-corrected chi connectivity index (χ0v) is 9.55. The molecular weight excluding hydrogens is 176 g/mol. The molecule has 0 aromatic carbocycles. The molecule has 1 unspecified atom stereocenters. The molecule has 0 saturated heterocycles. The average molecular weight is 196 g/mol. The van der Waals surface area contributed by atoms with Crippen LogP contribution in [0.15, 0.2) is 10.8 Å². The van der Waals surface area contributed by atoms with Crippen molar-refractivity contribution in [1.82, 2.24) is 10.5 Å². The molecule has 0 spiro atoms. The number of hydrogen-bond donors (Lipinski definition) is 1. The SMILES string of the molecule is CC.CCC1(C)NCCc2nocc21. The fourth-order valence-electron chi connectivity index (χ4n) is 1.76. The smallest absolute Gasteiger partial charge is 0.129 e. The Morgan fingerprint density at radius 3 is 2.93 bits per heavy atom. The minimum absolute atomic E-state index is 0.0770. The quantitative estimate of drug-likeness (QED) is 0.749. The lowest BCUT2D eigenvalue weighted by molar-refractivity contribution is 0.335. The summed E-state index contributed by atoms with van der Waals surface area (Å²) in [5, 5.41) is 7.47. The number of aromatic nitrogens is 1.